The van der Waals surface area contributed by atoms with Crippen molar-refractivity contribution in [1.29, 1.82) is 0 Å². The number of rotatable bonds is 6. The Morgan fingerprint density at radius 1 is 0.963 bits per heavy atom. The summed E-state index contributed by atoms with van der Waals surface area (Å²) in [6.07, 6.45) is 1.88. The van der Waals surface area contributed by atoms with Crippen molar-refractivity contribution in [2.24, 2.45) is 0 Å². The summed E-state index contributed by atoms with van der Waals surface area (Å²) in [5.74, 6) is 0.119. The summed E-state index contributed by atoms with van der Waals surface area (Å²) < 4.78 is 23.8. The van der Waals surface area contributed by atoms with Crippen LogP contribution >= 0.6 is 0 Å². The van der Waals surface area contributed by atoms with Gasteiger partial charge in [-0.1, -0.05) is 25.1 Å². The van der Waals surface area contributed by atoms with E-state index in [1.807, 2.05) is 18.3 Å². The first-order valence-corrected chi connectivity index (χ1v) is 11.3. The Morgan fingerprint density at radius 3 is 2.11 bits per heavy atom. The molecule has 1 aromatic heterocycles. The molecule has 27 heavy (non-hydrogen) atoms. The maximum absolute atomic E-state index is 11.9. The van der Waals surface area contributed by atoms with Gasteiger partial charge < -0.3 is 0 Å². The molecule has 0 N–H and O–H groups in total. The van der Waals surface area contributed by atoms with Crippen LogP contribution in [0.5, 0.6) is 0 Å². The van der Waals surface area contributed by atoms with E-state index < -0.39 is 9.84 Å². The van der Waals surface area contributed by atoms with Crippen LogP contribution in [0.1, 0.15) is 26.5 Å². The van der Waals surface area contributed by atoms with E-state index in [1.165, 1.54) is 0 Å². The van der Waals surface area contributed by atoms with Crippen molar-refractivity contribution in [1.82, 2.24) is 14.8 Å². The molecular weight excluding hydrogens is 358 g/mol. The molecular formula is C21H29N3O2S. The molecule has 0 aliphatic carbocycles. The predicted molar refractivity (Wildman–Crippen MR) is 109 cm³/mol. The third kappa shape index (κ3) is 4.94. The molecule has 0 unspecified atom stereocenters. The number of benzene rings is 1. The fourth-order valence-electron chi connectivity index (χ4n) is 3.38. The molecule has 3 rings (SSSR count). The summed E-state index contributed by atoms with van der Waals surface area (Å²) in [6, 6.07) is 11.8. The number of nitrogens with zero attached hydrogens (tertiary/aromatic N) is 3. The number of piperazine rings is 1. The minimum absolute atomic E-state index is 0.119. The third-order valence-corrected chi connectivity index (χ3v) is 7.02. The van der Waals surface area contributed by atoms with Crippen LogP contribution in [0.3, 0.4) is 0 Å². The third-order valence-electron chi connectivity index (χ3n) is 5.27. The van der Waals surface area contributed by atoms with Crippen molar-refractivity contribution in [3.63, 3.8) is 0 Å². The second kappa shape index (κ2) is 8.50. The van der Waals surface area contributed by atoms with Gasteiger partial charge in [0.1, 0.15) is 0 Å². The molecule has 5 nitrogen and oxygen atoms in total. The van der Waals surface area contributed by atoms with E-state index in [9.17, 15) is 8.42 Å². The first kappa shape index (κ1) is 20.0. The maximum atomic E-state index is 11.9. The molecule has 0 spiro atoms. The van der Waals surface area contributed by atoms with Crippen LogP contribution in [-0.4, -0.2) is 61.2 Å². The monoisotopic (exact) mass is 387 g/mol. The van der Waals surface area contributed by atoms with Crippen molar-refractivity contribution in [3.8, 4) is 11.1 Å². The van der Waals surface area contributed by atoms with Crippen molar-refractivity contribution >= 4 is 9.84 Å². The van der Waals surface area contributed by atoms with Crippen LogP contribution in [0.15, 0.2) is 47.5 Å². The molecule has 0 saturated carbocycles. The molecule has 0 bridgehead atoms. The average molecular weight is 388 g/mol. The van der Waals surface area contributed by atoms with E-state index in [1.54, 1.807) is 19.1 Å². The predicted octanol–water partition coefficient (Wildman–Crippen LogP) is 3.07. The zero-order valence-electron chi connectivity index (χ0n) is 16.4. The zero-order valence-corrected chi connectivity index (χ0v) is 17.2. The van der Waals surface area contributed by atoms with Crippen LogP contribution in [0, 0.1) is 0 Å². The van der Waals surface area contributed by atoms with Gasteiger partial charge in [0.2, 0.25) is 0 Å². The van der Waals surface area contributed by atoms with Gasteiger partial charge in [0, 0.05) is 50.5 Å². The van der Waals surface area contributed by atoms with E-state index in [0.29, 0.717) is 10.9 Å². The normalized spacial score (nSPS) is 16.7. The van der Waals surface area contributed by atoms with E-state index in [-0.39, 0.29) is 5.75 Å². The number of pyridine rings is 1. The van der Waals surface area contributed by atoms with Crippen molar-refractivity contribution < 1.29 is 8.42 Å². The Morgan fingerprint density at radius 2 is 1.59 bits per heavy atom. The number of hydrogen-bond acceptors (Lipinski definition) is 5. The van der Waals surface area contributed by atoms with Crippen LogP contribution in [0.25, 0.3) is 11.1 Å². The van der Waals surface area contributed by atoms with Crippen molar-refractivity contribution in [2.75, 3.05) is 31.9 Å². The van der Waals surface area contributed by atoms with Crippen LogP contribution < -0.4 is 0 Å². The Bertz CT molecular complexity index is 838. The number of sulfone groups is 1. The molecule has 6 heteroatoms. The Balaban J connectivity index is 1.62. The van der Waals surface area contributed by atoms with Gasteiger partial charge in [-0.25, -0.2) is 8.42 Å². The summed E-state index contributed by atoms with van der Waals surface area (Å²) >= 11 is 0. The molecule has 146 valence electrons. The van der Waals surface area contributed by atoms with Crippen molar-refractivity contribution in [2.45, 2.75) is 38.3 Å². The smallest absolute Gasteiger partial charge is 0.178 e. The fourth-order valence-corrected chi connectivity index (χ4v) is 4.26. The first-order chi connectivity index (χ1) is 12.9. The maximum Gasteiger partial charge on any atom is 0.178 e. The topological polar surface area (TPSA) is 53.5 Å². The van der Waals surface area contributed by atoms with Gasteiger partial charge in [-0.2, -0.15) is 0 Å². The number of aromatic nitrogens is 1. The van der Waals surface area contributed by atoms with Crippen LogP contribution in [0.2, 0.25) is 0 Å². The highest BCUT2D eigenvalue weighted by Gasteiger charge is 2.19. The van der Waals surface area contributed by atoms with Gasteiger partial charge in [-0.05, 0) is 37.6 Å². The SMILES string of the molecule is CCS(=O)(=O)c1ccc(-c2ccc(CN3CCN(C(C)C)CC3)nc2)cc1. The molecule has 1 aliphatic heterocycles. The molecule has 1 aromatic carbocycles. The molecule has 2 aromatic rings. The standard InChI is InChI=1S/C21H29N3O2S/c1-4-27(25,26)21-9-6-18(7-10-21)19-5-8-20(22-15-19)16-23-11-13-24(14-12-23)17(2)3/h5-10,15,17H,4,11-14,16H2,1-3H3. The molecule has 1 fully saturated rings. The van der Waals surface area contributed by atoms with Crippen LogP contribution in [-0.2, 0) is 16.4 Å². The van der Waals surface area contributed by atoms with Crippen molar-refractivity contribution in [3.05, 3.63) is 48.3 Å². The zero-order chi connectivity index (χ0) is 19.4. The highest BCUT2D eigenvalue weighted by molar-refractivity contribution is 7.91. The minimum Gasteiger partial charge on any atom is -0.298 e. The number of hydrogen-bond donors (Lipinski definition) is 0. The Hall–Kier alpha value is -1.76. The lowest BCUT2D eigenvalue weighted by molar-refractivity contribution is 0.103. The van der Waals surface area contributed by atoms with E-state index >= 15 is 0 Å². The van der Waals surface area contributed by atoms with E-state index in [0.717, 1.165) is 49.5 Å². The molecule has 0 radical (unpaired) electrons. The molecule has 0 atom stereocenters. The Labute approximate surface area is 162 Å². The van der Waals surface area contributed by atoms with Gasteiger partial charge in [0.15, 0.2) is 9.84 Å². The van der Waals surface area contributed by atoms with E-state index in [2.05, 4.69) is 40.8 Å². The Kier molecular flexibility index (Phi) is 6.29. The average Bonchev–Trinajstić information content (AvgIpc) is 2.69. The van der Waals surface area contributed by atoms with Gasteiger partial charge in [-0.15, -0.1) is 0 Å². The lowest BCUT2D eigenvalue weighted by Gasteiger charge is -2.36. The summed E-state index contributed by atoms with van der Waals surface area (Å²) in [7, 11) is -3.15. The summed E-state index contributed by atoms with van der Waals surface area (Å²) in [5.41, 5.74) is 3.06. The fraction of sp³-hybridized carbons (Fsp3) is 0.476. The highest BCUT2D eigenvalue weighted by atomic mass is 32.2. The highest BCUT2D eigenvalue weighted by Crippen LogP contribution is 2.22. The van der Waals surface area contributed by atoms with Gasteiger partial charge in [0.25, 0.3) is 0 Å². The molecule has 1 saturated heterocycles. The largest absolute Gasteiger partial charge is 0.298 e. The summed E-state index contributed by atoms with van der Waals surface area (Å²) in [5, 5.41) is 0. The quantitative estimate of drug-likeness (QED) is 0.762. The molecule has 1 aliphatic rings. The summed E-state index contributed by atoms with van der Waals surface area (Å²) in [4.78, 5) is 9.95. The first-order valence-electron chi connectivity index (χ1n) is 9.63. The second-order valence-electron chi connectivity index (χ2n) is 7.37. The van der Waals surface area contributed by atoms with Crippen LogP contribution in [0.4, 0.5) is 0 Å². The summed E-state index contributed by atoms with van der Waals surface area (Å²) in [6.45, 7) is 11.4. The molecule has 0 amide bonds. The molecule has 2 heterocycles. The minimum atomic E-state index is -3.15. The van der Waals surface area contributed by atoms with E-state index in [4.69, 9.17) is 0 Å². The lowest BCUT2D eigenvalue weighted by Crippen LogP contribution is -2.48. The lowest BCUT2D eigenvalue weighted by atomic mass is 10.1. The van der Waals surface area contributed by atoms with Gasteiger partial charge in [0.05, 0.1) is 16.3 Å². The second-order valence-corrected chi connectivity index (χ2v) is 9.65. The van der Waals surface area contributed by atoms with Gasteiger partial charge >= 0.3 is 0 Å². The van der Waals surface area contributed by atoms with Gasteiger partial charge in [-0.3, -0.25) is 14.8 Å².